The summed E-state index contributed by atoms with van der Waals surface area (Å²) in [4.78, 5) is 12.0. The van der Waals surface area contributed by atoms with Gasteiger partial charge in [0.1, 0.15) is 5.69 Å². The van der Waals surface area contributed by atoms with Gasteiger partial charge >= 0.3 is 0 Å². The van der Waals surface area contributed by atoms with Crippen LogP contribution < -0.4 is 5.32 Å². The highest BCUT2D eigenvalue weighted by atomic mass is 79.9. The zero-order valence-corrected chi connectivity index (χ0v) is 12.8. The van der Waals surface area contributed by atoms with Gasteiger partial charge in [-0.25, -0.2) is 0 Å². The molecule has 1 N–H and O–H groups in total. The average Bonchev–Trinajstić information content (AvgIpc) is 2.70. The molecule has 0 saturated heterocycles. The number of hydrogen-bond donors (Lipinski definition) is 1. The Morgan fingerprint density at radius 3 is 3.11 bits per heavy atom. The van der Waals surface area contributed by atoms with Crippen LogP contribution in [-0.4, -0.2) is 28.5 Å². The van der Waals surface area contributed by atoms with Crippen LogP contribution in [0.5, 0.6) is 0 Å². The summed E-state index contributed by atoms with van der Waals surface area (Å²) in [5.41, 5.74) is 0.700. The average molecular weight is 329 g/mol. The van der Waals surface area contributed by atoms with E-state index in [9.17, 15) is 4.79 Å². The Bertz CT molecular complexity index is 437. The topological polar surface area (TPSA) is 34.0 Å². The molecular formula is C13H17BrN2OS. The monoisotopic (exact) mass is 328 g/mol. The van der Waals surface area contributed by atoms with Gasteiger partial charge in [-0.1, -0.05) is 12.8 Å². The molecule has 0 radical (unpaired) electrons. The van der Waals surface area contributed by atoms with E-state index in [2.05, 4.69) is 34.1 Å². The lowest BCUT2D eigenvalue weighted by Gasteiger charge is -2.08. The van der Waals surface area contributed by atoms with E-state index in [-0.39, 0.29) is 5.91 Å². The molecule has 98 valence electrons. The normalized spacial score (nSPS) is 10.1. The minimum atomic E-state index is -0.0320. The van der Waals surface area contributed by atoms with Crippen molar-refractivity contribution >= 4 is 33.6 Å². The van der Waals surface area contributed by atoms with Crippen molar-refractivity contribution in [3.8, 4) is 12.3 Å². The van der Waals surface area contributed by atoms with Crippen LogP contribution in [0.15, 0.2) is 16.7 Å². The van der Waals surface area contributed by atoms with E-state index in [4.69, 9.17) is 6.42 Å². The fraction of sp³-hybridized carbons (Fsp3) is 0.462. The number of carbonyl (C=O) groups excluding carboxylic acids is 1. The van der Waals surface area contributed by atoms with E-state index in [0.29, 0.717) is 18.0 Å². The molecule has 0 aliphatic rings. The Balaban J connectivity index is 2.48. The van der Waals surface area contributed by atoms with Crippen molar-refractivity contribution in [1.82, 2.24) is 9.88 Å². The van der Waals surface area contributed by atoms with Gasteiger partial charge in [0.05, 0.1) is 5.75 Å². The summed E-state index contributed by atoms with van der Waals surface area (Å²) >= 11 is 5.04. The third-order valence-corrected chi connectivity index (χ3v) is 3.57. The Hall–Kier alpha value is -0.860. The molecule has 0 aliphatic heterocycles. The summed E-state index contributed by atoms with van der Waals surface area (Å²) in [5, 5.41) is 2.90. The van der Waals surface area contributed by atoms with Gasteiger partial charge in [0.25, 0.3) is 5.91 Å². The maximum Gasteiger partial charge on any atom is 0.267 e. The second kappa shape index (κ2) is 8.28. The molecule has 5 heteroatoms. The molecule has 3 nitrogen and oxygen atoms in total. The number of nitrogens with one attached hydrogen (secondary N) is 1. The smallest absolute Gasteiger partial charge is 0.267 e. The number of aromatic nitrogens is 1. The van der Waals surface area contributed by atoms with E-state index in [1.165, 1.54) is 0 Å². The third-order valence-electron chi connectivity index (χ3n) is 2.28. The third kappa shape index (κ3) is 4.79. The molecule has 0 aliphatic carbocycles. The van der Waals surface area contributed by atoms with Crippen molar-refractivity contribution in [2.75, 3.05) is 18.1 Å². The predicted molar refractivity (Wildman–Crippen MR) is 80.9 cm³/mol. The first kappa shape index (κ1) is 15.2. The molecular weight excluding hydrogens is 312 g/mol. The highest BCUT2D eigenvalue weighted by molar-refractivity contribution is 9.10. The molecule has 0 aromatic carbocycles. The van der Waals surface area contributed by atoms with Crippen molar-refractivity contribution in [2.45, 2.75) is 19.9 Å². The van der Waals surface area contributed by atoms with Gasteiger partial charge in [-0.2, -0.15) is 0 Å². The molecule has 0 atom stereocenters. The van der Waals surface area contributed by atoms with Gasteiger partial charge < -0.3 is 9.88 Å². The molecule has 1 amide bonds. The summed E-state index contributed by atoms with van der Waals surface area (Å²) in [5.74, 6) is 4.05. The molecule has 18 heavy (non-hydrogen) atoms. The summed E-state index contributed by atoms with van der Waals surface area (Å²) in [6.07, 6.45) is 8.09. The predicted octanol–water partition coefficient (Wildman–Crippen LogP) is 2.76. The van der Waals surface area contributed by atoms with Crippen LogP contribution in [0, 0.1) is 12.3 Å². The maximum atomic E-state index is 12.0. The maximum absolute atomic E-state index is 12.0. The lowest BCUT2D eigenvalue weighted by atomic mass is 10.4. The fourth-order valence-electron chi connectivity index (χ4n) is 1.55. The van der Waals surface area contributed by atoms with Crippen LogP contribution in [0.2, 0.25) is 0 Å². The lowest BCUT2D eigenvalue weighted by molar-refractivity contribution is 0.0947. The molecule has 0 bridgehead atoms. The number of terminal acetylenes is 1. The summed E-state index contributed by atoms with van der Waals surface area (Å²) in [6, 6.07) is 1.85. The summed E-state index contributed by atoms with van der Waals surface area (Å²) in [7, 11) is 0. The lowest BCUT2D eigenvalue weighted by Crippen LogP contribution is -2.27. The van der Waals surface area contributed by atoms with Crippen molar-refractivity contribution in [3.05, 3.63) is 22.4 Å². The van der Waals surface area contributed by atoms with Crippen LogP contribution >= 0.6 is 27.7 Å². The molecule has 0 spiro atoms. The quantitative estimate of drug-likeness (QED) is 0.616. The Kier molecular flexibility index (Phi) is 6.99. The second-order valence-corrected chi connectivity index (χ2v) is 5.77. The van der Waals surface area contributed by atoms with E-state index >= 15 is 0 Å². The number of thioether (sulfide) groups is 1. The van der Waals surface area contributed by atoms with Crippen molar-refractivity contribution in [1.29, 1.82) is 0 Å². The summed E-state index contributed by atoms with van der Waals surface area (Å²) in [6.45, 7) is 3.58. The fourth-order valence-corrected chi connectivity index (χ4v) is 2.52. The van der Waals surface area contributed by atoms with E-state index in [0.717, 1.165) is 23.2 Å². The zero-order chi connectivity index (χ0) is 13.4. The van der Waals surface area contributed by atoms with Crippen LogP contribution in [0.3, 0.4) is 0 Å². The minimum absolute atomic E-state index is 0.0320. The highest BCUT2D eigenvalue weighted by Crippen LogP contribution is 2.15. The van der Waals surface area contributed by atoms with Crippen molar-refractivity contribution in [2.24, 2.45) is 0 Å². The van der Waals surface area contributed by atoms with Gasteiger partial charge in [0.2, 0.25) is 0 Å². The molecule has 1 heterocycles. The van der Waals surface area contributed by atoms with Crippen LogP contribution in [-0.2, 0) is 6.54 Å². The van der Waals surface area contributed by atoms with Gasteiger partial charge in [-0.3, -0.25) is 4.79 Å². The van der Waals surface area contributed by atoms with E-state index in [1.54, 1.807) is 11.8 Å². The number of aryl methyl sites for hydroxylation is 1. The van der Waals surface area contributed by atoms with Crippen molar-refractivity contribution in [3.63, 3.8) is 0 Å². The standard InChI is InChI=1S/C13H17BrN2OS/c1-3-6-16-10-11(14)9-12(16)13(17)15-5-8-18-7-4-2/h2,9-10H,3,5-8H2,1H3,(H,15,17). The number of nitrogens with zero attached hydrogens (tertiary/aromatic N) is 1. The highest BCUT2D eigenvalue weighted by Gasteiger charge is 2.11. The molecule has 0 saturated carbocycles. The Labute approximate surface area is 121 Å². The van der Waals surface area contributed by atoms with Crippen LogP contribution in [0.4, 0.5) is 0 Å². The Morgan fingerprint density at radius 1 is 1.67 bits per heavy atom. The van der Waals surface area contributed by atoms with Crippen LogP contribution in [0.1, 0.15) is 23.8 Å². The number of hydrogen-bond acceptors (Lipinski definition) is 2. The number of halogens is 1. The first-order chi connectivity index (χ1) is 8.69. The van der Waals surface area contributed by atoms with E-state index < -0.39 is 0 Å². The molecule has 0 unspecified atom stereocenters. The van der Waals surface area contributed by atoms with Gasteiger partial charge in [-0.15, -0.1) is 18.2 Å². The van der Waals surface area contributed by atoms with Crippen LogP contribution in [0.25, 0.3) is 0 Å². The minimum Gasteiger partial charge on any atom is -0.350 e. The van der Waals surface area contributed by atoms with Gasteiger partial charge in [0, 0.05) is 29.5 Å². The van der Waals surface area contributed by atoms with E-state index in [1.807, 2.05) is 16.8 Å². The molecule has 1 aromatic rings. The zero-order valence-electron chi connectivity index (χ0n) is 10.4. The Morgan fingerprint density at radius 2 is 2.44 bits per heavy atom. The summed E-state index contributed by atoms with van der Waals surface area (Å²) < 4.78 is 2.90. The van der Waals surface area contributed by atoms with Gasteiger partial charge in [0.15, 0.2) is 0 Å². The largest absolute Gasteiger partial charge is 0.350 e. The molecule has 1 aromatic heterocycles. The number of rotatable bonds is 7. The number of amides is 1. The van der Waals surface area contributed by atoms with Gasteiger partial charge in [-0.05, 0) is 28.4 Å². The molecule has 0 fully saturated rings. The second-order valence-electron chi connectivity index (χ2n) is 3.75. The molecule has 1 rings (SSSR count). The first-order valence-electron chi connectivity index (χ1n) is 5.84. The van der Waals surface area contributed by atoms with Crippen molar-refractivity contribution < 1.29 is 4.79 Å². The first-order valence-corrected chi connectivity index (χ1v) is 7.79. The number of carbonyl (C=O) groups is 1. The SMILES string of the molecule is C#CCSCCNC(=O)c1cc(Br)cn1CCC.